The van der Waals surface area contributed by atoms with Crippen molar-refractivity contribution in [1.82, 2.24) is 14.8 Å². The number of H-pyrrole nitrogens is 1. The molecule has 1 aromatic rings. The number of nitrogens with zero attached hydrogens (tertiary/aromatic N) is 2. The third-order valence-corrected chi connectivity index (χ3v) is 6.89. The first-order valence-electron chi connectivity index (χ1n) is 10.2. The van der Waals surface area contributed by atoms with Gasteiger partial charge in [0.25, 0.3) is 5.91 Å². The second kappa shape index (κ2) is 7.03. The molecule has 7 heteroatoms. The summed E-state index contributed by atoms with van der Waals surface area (Å²) in [6, 6.07) is 0. The summed E-state index contributed by atoms with van der Waals surface area (Å²) in [4.78, 5) is 45.1. The number of nitrogens with one attached hydrogen (secondary N) is 1. The fourth-order valence-corrected chi connectivity index (χ4v) is 5.24. The Bertz CT molecular complexity index is 820. The van der Waals surface area contributed by atoms with Crippen LogP contribution in [0.1, 0.15) is 64.2 Å². The van der Waals surface area contributed by atoms with E-state index in [1.807, 2.05) is 18.9 Å². The number of ether oxygens (including phenoxy) is 1. The molecule has 0 bridgehead atoms. The Morgan fingerprint density at radius 3 is 2.57 bits per heavy atom. The van der Waals surface area contributed by atoms with Crippen molar-refractivity contribution >= 4 is 17.6 Å². The SMILES string of the molecule is COC1CN(C)C(=O)C2(CCN(C(=O)c3[nH]c4c(c3C)C(=O)CCC4)CC2)C1. The predicted molar refractivity (Wildman–Crippen MR) is 103 cm³/mol. The van der Waals surface area contributed by atoms with E-state index in [1.165, 1.54) is 0 Å². The lowest BCUT2D eigenvalue weighted by Gasteiger charge is -2.47. The number of hydrogen-bond acceptors (Lipinski definition) is 4. The maximum absolute atomic E-state index is 13.1. The first-order valence-corrected chi connectivity index (χ1v) is 10.2. The molecular formula is C21H29N3O4. The molecule has 3 heterocycles. The van der Waals surface area contributed by atoms with E-state index in [9.17, 15) is 14.4 Å². The second-order valence-corrected chi connectivity index (χ2v) is 8.58. The van der Waals surface area contributed by atoms with Crippen LogP contribution in [0.5, 0.6) is 0 Å². The molecular weight excluding hydrogens is 358 g/mol. The number of aromatic amines is 1. The number of aromatic nitrogens is 1. The Hall–Kier alpha value is -2.15. The topological polar surface area (TPSA) is 82.7 Å². The normalized spacial score (nSPS) is 24.6. The molecule has 2 aliphatic heterocycles. The number of hydrogen-bond donors (Lipinski definition) is 1. The number of aryl methyl sites for hydroxylation is 1. The van der Waals surface area contributed by atoms with Crippen LogP contribution < -0.4 is 0 Å². The van der Waals surface area contributed by atoms with Gasteiger partial charge in [-0.15, -0.1) is 0 Å². The molecule has 152 valence electrons. The van der Waals surface area contributed by atoms with Gasteiger partial charge in [-0.05, 0) is 44.6 Å². The predicted octanol–water partition coefficient (Wildman–Crippen LogP) is 1.94. The van der Waals surface area contributed by atoms with Crippen LogP contribution >= 0.6 is 0 Å². The van der Waals surface area contributed by atoms with Crippen LogP contribution in [-0.2, 0) is 16.0 Å². The van der Waals surface area contributed by atoms with E-state index in [-0.39, 0.29) is 23.7 Å². The molecule has 0 radical (unpaired) electrons. The molecule has 0 saturated carbocycles. The molecule has 1 N–H and O–H groups in total. The van der Waals surface area contributed by atoms with E-state index in [0.717, 1.165) is 36.1 Å². The van der Waals surface area contributed by atoms with E-state index in [4.69, 9.17) is 4.74 Å². The van der Waals surface area contributed by atoms with E-state index in [0.29, 0.717) is 44.6 Å². The van der Waals surface area contributed by atoms with Crippen LogP contribution in [-0.4, -0.2) is 72.3 Å². The van der Waals surface area contributed by atoms with E-state index >= 15 is 0 Å². The number of ketones is 1. The van der Waals surface area contributed by atoms with Crippen LogP contribution in [0.15, 0.2) is 0 Å². The van der Waals surface area contributed by atoms with Crippen molar-refractivity contribution in [3.63, 3.8) is 0 Å². The van der Waals surface area contributed by atoms with Gasteiger partial charge in [0, 0.05) is 51.5 Å². The number of methoxy groups -OCH3 is 1. The molecule has 2 amide bonds. The summed E-state index contributed by atoms with van der Waals surface area (Å²) in [6.45, 7) is 3.58. The number of likely N-dealkylation sites (tertiary alicyclic amines) is 2. The number of rotatable bonds is 2. The lowest BCUT2D eigenvalue weighted by Crippen LogP contribution is -2.57. The largest absolute Gasteiger partial charge is 0.380 e. The Morgan fingerprint density at radius 1 is 1.21 bits per heavy atom. The monoisotopic (exact) mass is 387 g/mol. The number of Topliss-reactive ketones (excluding diaryl/α,β-unsaturated/α-hetero) is 1. The van der Waals surface area contributed by atoms with Crippen molar-refractivity contribution in [3.8, 4) is 0 Å². The molecule has 1 spiro atoms. The van der Waals surface area contributed by atoms with Gasteiger partial charge in [-0.2, -0.15) is 0 Å². The fraction of sp³-hybridized carbons (Fsp3) is 0.667. The zero-order valence-electron chi connectivity index (χ0n) is 17.0. The lowest BCUT2D eigenvalue weighted by molar-refractivity contribution is -0.155. The molecule has 1 aromatic heterocycles. The summed E-state index contributed by atoms with van der Waals surface area (Å²) in [7, 11) is 3.52. The summed E-state index contributed by atoms with van der Waals surface area (Å²) in [6.07, 6.45) is 4.29. The van der Waals surface area contributed by atoms with Gasteiger partial charge in [-0.25, -0.2) is 0 Å². The average Bonchev–Trinajstić information content (AvgIpc) is 3.03. The van der Waals surface area contributed by atoms with Gasteiger partial charge in [0.15, 0.2) is 5.78 Å². The van der Waals surface area contributed by atoms with Crippen LogP contribution in [0.4, 0.5) is 0 Å². The summed E-state index contributed by atoms with van der Waals surface area (Å²) >= 11 is 0. The van der Waals surface area contributed by atoms with Gasteiger partial charge in [0.2, 0.25) is 5.91 Å². The van der Waals surface area contributed by atoms with E-state index < -0.39 is 5.41 Å². The Kier molecular flexibility index (Phi) is 4.81. The number of amides is 2. The molecule has 28 heavy (non-hydrogen) atoms. The molecule has 1 atom stereocenters. The van der Waals surface area contributed by atoms with Gasteiger partial charge >= 0.3 is 0 Å². The zero-order chi connectivity index (χ0) is 20.1. The van der Waals surface area contributed by atoms with Gasteiger partial charge in [-0.1, -0.05) is 0 Å². The number of piperidine rings is 2. The number of carbonyl (C=O) groups excluding carboxylic acids is 3. The van der Waals surface area contributed by atoms with Crippen molar-refractivity contribution in [2.24, 2.45) is 5.41 Å². The average molecular weight is 387 g/mol. The van der Waals surface area contributed by atoms with Crippen molar-refractivity contribution in [1.29, 1.82) is 0 Å². The van der Waals surface area contributed by atoms with Crippen LogP contribution in [0, 0.1) is 12.3 Å². The van der Waals surface area contributed by atoms with Gasteiger partial charge < -0.3 is 19.5 Å². The van der Waals surface area contributed by atoms with Gasteiger partial charge in [0.1, 0.15) is 5.69 Å². The first kappa shape index (κ1) is 19.2. The maximum Gasteiger partial charge on any atom is 0.270 e. The highest BCUT2D eigenvalue weighted by molar-refractivity contribution is 6.04. The van der Waals surface area contributed by atoms with E-state index in [1.54, 1.807) is 12.0 Å². The molecule has 1 aliphatic carbocycles. The van der Waals surface area contributed by atoms with Crippen LogP contribution in [0.2, 0.25) is 0 Å². The molecule has 4 rings (SSSR count). The molecule has 0 aromatic carbocycles. The Balaban J connectivity index is 1.51. The van der Waals surface area contributed by atoms with Crippen molar-refractivity contribution in [2.75, 3.05) is 33.8 Å². The third-order valence-electron chi connectivity index (χ3n) is 6.89. The summed E-state index contributed by atoms with van der Waals surface area (Å²) < 4.78 is 5.54. The minimum atomic E-state index is -0.426. The zero-order valence-corrected chi connectivity index (χ0v) is 17.0. The highest BCUT2D eigenvalue weighted by atomic mass is 16.5. The number of fused-ring (bicyclic) bond motifs is 1. The van der Waals surface area contributed by atoms with Crippen molar-refractivity contribution in [3.05, 3.63) is 22.5 Å². The number of likely N-dealkylation sites (N-methyl/N-ethyl adjacent to an activating group) is 1. The highest BCUT2D eigenvalue weighted by Crippen LogP contribution is 2.41. The van der Waals surface area contributed by atoms with Crippen molar-refractivity contribution < 1.29 is 19.1 Å². The van der Waals surface area contributed by atoms with Gasteiger partial charge in [-0.3, -0.25) is 14.4 Å². The molecule has 2 fully saturated rings. The van der Waals surface area contributed by atoms with E-state index in [2.05, 4.69) is 4.98 Å². The molecule has 2 saturated heterocycles. The quantitative estimate of drug-likeness (QED) is 0.841. The van der Waals surface area contributed by atoms with Crippen molar-refractivity contribution in [2.45, 2.75) is 51.6 Å². The third kappa shape index (κ3) is 2.96. The minimum absolute atomic E-state index is 0.0494. The standard InChI is InChI=1S/C21H29N3O4/c1-13-17-15(5-4-6-16(17)25)22-18(13)19(26)24-9-7-21(8-10-24)11-14(28-3)12-23(2)20(21)27/h14,22H,4-12H2,1-3H3. The minimum Gasteiger partial charge on any atom is -0.380 e. The smallest absolute Gasteiger partial charge is 0.270 e. The lowest BCUT2D eigenvalue weighted by atomic mass is 9.71. The Labute approximate surface area is 165 Å². The van der Waals surface area contributed by atoms with Gasteiger partial charge in [0.05, 0.1) is 11.5 Å². The second-order valence-electron chi connectivity index (χ2n) is 8.58. The number of carbonyl (C=O) groups is 3. The fourth-order valence-electron chi connectivity index (χ4n) is 5.24. The van der Waals surface area contributed by atoms with Crippen LogP contribution in [0.25, 0.3) is 0 Å². The molecule has 3 aliphatic rings. The molecule has 7 nitrogen and oxygen atoms in total. The molecule has 1 unspecified atom stereocenters. The summed E-state index contributed by atoms with van der Waals surface area (Å²) in [5, 5.41) is 0. The summed E-state index contributed by atoms with van der Waals surface area (Å²) in [5.74, 6) is 0.243. The first-order chi connectivity index (χ1) is 13.4. The Morgan fingerprint density at radius 2 is 1.93 bits per heavy atom. The summed E-state index contributed by atoms with van der Waals surface area (Å²) in [5.41, 5.74) is 2.51. The van der Waals surface area contributed by atoms with Crippen LogP contribution in [0.3, 0.4) is 0 Å². The highest BCUT2D eigenvalue weighted by Gasteiger charge is 2.48. The maximum atomic E-state index is 13.1.